The molecule has 0 radical (unpaired) electrons. The molecular formula is C25H21F3N2O5. The second kappa shape index (κ2) is 11.1. The van der Waals surface area contributed by atoms with Gasteiger partial charge in [-0.15, -0.1) is 13.2 Å². The Bertz CT molecular complexity index is 1190. The summed E-state index contributed by atoms with van der Waals surface area (Å²) in [4.78, 5) is 24.2. The lowest BCUT2D eigenvalue weighted by Crippen LogP contribution is -2.17. The Hall–Kier alpha value is -4.47. The van der Waals surface area contributed by atoms with Crippen LogP contribution in [0.25, 0.3) is 6.08 Å². The SMILES string of the molecule is Nc1cc(N)cc(CCOC(=O)/C=C/c2ccc(C(=O)Oc3ccc(OC(F)(F)F)cc3)cc2)c1. The van der Waals surface area contributed by atoms with Crippen molar-refractivity contribution in [2.45, 2.75) is 12.8 Å². The summed E-state index contributed by atoms with van der Waals surface area (Å²) in [5.41, 5.74) is 14.2. The van der Waals surface area contributed by atoms with E-state index < -0.39 is 24.1 Å². The number of nitrogen functional groups attached to an aromatic ring is 2. The molecule has 0 amide bonds. The third-order valence-electron chi connectivity index (χ3n) is 4.50. The van der Waals surface area contributed by atoms with Gasteiger partial charge in [0.25, 0.3) is 0 Å². The molecule has 35 heavy (non-hydrogen) atoms. The summed E-state index contributed by atoms with van der Waals surface area (Å²) in [7, 11) is 0. The highest BCUT2D eigenvalue weighted by atomic mass is 19.4. The molecule has 7 nitrogen and oxygen atoms in total. The third kappa shape index (κ3) is 8.43. The fourth-order valence-corrected chi connectivity index (χ4v) is 2.98. The number of benzene rings is 3. The molecule has 4 N–H and O–H groups in total. The van der Waals surface area contributed by atoms with Crippen LogP contribution in [-0.2, 0) is 16.0 Å². The smallest absolute Gasteiger partial charge is 0.462 e. The molecule has 0 saturated carbocycles. The van der Waals surface area contributed by atoms with E-state index in [0.717, 1.165) is 17.7 Å². The Morgan fingerprint density at radius 2 is 1.46 bits per heavy atom. The lowest BCUT2D eigenvalue weighted by molar-refractivity contribution is -0.274. The van der Waals surface area contributed by atoms with Crippen molar-refractivity contribution >= 4 is 29.4 Å². The molecule has 0 fully saturated rings. The van der Waals surface area contributed by atoms with E-state index in [4.69, 9.17) is 20.9 Å². The molecule has 0 atom stereocenters. The highest BCUT2D eigenvalue weighted by molar-refractivity contribution is 5.91. The Morgan fingerprint density at radius 1 is 0.857 bits per heavy atom. The first-order valence-corrected chi connectivity index (χ1v) is 10.3. The van der Waals surface area contributed by atoms with Crippen LogP contribution in [-0.4, -0.2) is 24.9 Å². The zero-order valence-corrected chi connectivity index (χ0v) is 18.2. The first-order valence-electron chi connectivity index (χ1n) is 10.3. The van der Waals surface area contributed by atoms with E-state index in [2.05, 4.69) is 4.74 Å². The minimum absolute atomic E-state index is 0.0529. The number of esters is 2. The molecule has 3 aromatic rings. The first-order chi connectivity index (χ1) is 16.6. The third-order valence-corrected chi connectivity index (χ3v) is 4.50. The van der Waals surface area contributed by atoms with Crippen LogP contribution in [0.4, 0.5) is 24.5 Å². The van der Waals surface area contributed by atoms with Gasteiger partial charge in [-0.25, -0.2) is 9.59 Å². The molecule has 10 heteroatoms. The number of hydrogen-bond donors (Lipinski definition) is 2. The van der Waals surface area contributed by atoms with E-state index >= 15 is 0 Å². The van der Waals surface area contributed by atoms with Crippen LogP contribution in [0.3, 0.4) is 0 Å². The van der Waals surface area contributed by atoms with Crippen molar-refractivity contribution in [1.29, 1.82) is 0 Å². The number of rotatable bonds is 8. The van der Waals surface area contributed by atoms with Crippen molar-refractivity contribution in [1.82, 2.24) is 0 Å². The standard InChI is InChI=1S/C25H21F3N2O5/c26-25(27,28)35-22-8-6-21(7-9-22)34-24(32)18-4-1-16(2-5-18)3-10-23(31)33-12-11-17-13-19(29)15-20(30)14-17/h1-10,13-15H,11-12,29-30H2/b10-3+. The van der Waals surface area contributed by atoms with Crippen LogP contribution in [0, 0.1) is 0 Å². The normalized spacial score (nSPS) is 11.3. The second-order valence-electron chi connectivity index (χ2n) is 7.29. The van der Waals surface area contributed by atoms with Gasteiger partial charge in [-0.1, -0.05) is 12.1 Å². The van der Waals surface area contributed by atoms with Gasteiger partial charge in [0.2, 0.25) is 0 Å². The summed E-state index contributed by atoms with van der Waals surface area (Å²) in [5, 5.41) is 0. The summed E-state index contributed by atoms with van der Waals surface area (Å²) >= 11 is 0. The summed E-state index contributed by atoms with van der Waals surface area (Å²) in [6.45, 7) is 0.153. The van der Waals surface area contributed by atoms with Crippen LogP contribution in [0.15, 0.2) is 72.8 Å². The molecule has 0 saturated heterocycles. The van der Waals surface area contributed by atoms with Gasteiger partial charge in [0, 0.05) is 23.9 Å². The molecule has 0 unspecified atom stereocenters. The number of alkyl halides is 3. The second-order valence-corrected chi connectivity index (χ2v) is 7.29. The maximum Gasteiger partial charge on any atom is 0.573 e. The number of carbonyl (C=O) groups is 2. The summed E-state index contributed by atoms with van der Waals surface area (Å²) in [6, 6.07) is 15.7. The van der Waals surface area contributed by atoms with Crippen LogP contribution < -0.4 is 20.9 Å². The first kappa shape index (κ1) is 25.2. The van der Waals surface area contributed by atoms with E-state index in [9.17, 15) is 22.8 Å². The minimum Gasteiger partial charge on any atom is -0.462 e. The van der Waals surface area contributed by atoms with E-state index in [0.29, 0.717) is 23.4 Å². The number of anilines is 2. The van der Waals surface area contributed by atoms with Gasteiger partial charge < -0.3 is 25.7 Å². The lowest BCUT2D eigenvalue weighted by atomic mass is 10.1. The molecule has 182 valence electrons. The van der Waals surface area contributed by atoms with Crippen LogP contribution in [0.2, 0.25) is 0 Å². The van der Waals surface area contributed by atoms with Crippen molar-refractivity contribution < 1.29 is 37.0 Å². The quantitative estimate of drug-likeness (QED) is 0.204. The Kier molecular flexibility index (Phi) is 7.98. The van der Waals surface area contributed by atoms with E-state index in [1.54, 1.807) is 30.3 Å². The maximum atomic E-state index is 12.2. The van der Waals surface area contributed by atoms with E-state index in [-0.39, 0.29) is 17.9 Å². The van der Waals surface area contributed by atoms with Crippen LogP contribution in [0.1, 0.15) is 21.5 Å². The van der Waals surface area contributed by atoms with Gasteiger partial charge in [0.05, 0.1) is 12.2 Å². The van der Waals surface area contributed by atoms with Gasteiger partial charge in [0.15, 0.2) is 0 Å². The Balaban J connectivity index is 1.48. The van der Waals surface area contributed by atoms with Gasteiger partial charge in [0.1, 0.15) is 11.5 Å². The minimum atomic E-state index is -4.81. The van der Waals surface area contributed by atoms with Crippen LogP contribution in [0.5, 0.6) is 11.5 Å². The molecule has 0 aliphatic heterocycles. The summed E-state index contributed by atoms with van der Waals surface area (Å²) < 4.78 is 50.7. The van der Waals surface area contributed by atoms with Crippen molar-refractivity contribution in [3.63, 3.8) is 0 Å². The summed E-state index contributed by atoms with van der Waals surface area (Å²) in [6.07, 6.45) is -1.57. The molecule has 0 bridgehead atoms. The number of carbonyl (C=O) groups excluding carboxylic acids is 2. The number of hydrogen-bond acceptors (Lipinski definition) is 7. The molecule has 0 aliphatic rings. The Labute approximate surface area is 198 Å². The van der Waals surface area contributed by atoms with E-state index in [1.807, 2.05) is 0 Å². The highest BCUT2D eigenvalue weighted by Gasteiger charge is 2.31. The molecule has 0 aromatic heterocycles. The molecule has 3 rings (SSSR count). The van der Waals surface area contributed by atoms with Gasteiger partial charge in [-0.2, -0.15) is 0 Å². The average Bonchev–Trinajstić information content (AvgIpc) is 2.78. The molecular weight excluding hydrogens is 465 g/mol. The fourth-order valence-electron chi connectivity index (χ4n) is 2.98. The molecule has 0 spiro atoms. The van der Waals surface area contributed by atoms with Crippen molar-refractivity contribution in [3.05, 3.63) is 89.5 Å². The lowest BCUT2D eigenvalue weighted by Gasteiger charge is -2.09. The zero-order chi connectivity index (χ0) is 25.4. The molecule has 0 aliphatic carbocycles. The van der Waals surface area contributed by atoms with Gasteiger partial charge in [-0.05, 0) is 71.8 Å². The maximum absolute atomic E-state index is 12.2. The number of halogens is 3. The summed E-state index contributed by atoms with van der Waals surface area (Å²) in [5.74, 6) is -1.62. The van der Waals surface area contributed by atoms with Gasteiger partial charge in [-0.3, -0.25) is 0 Å². The van der Waals surface area contributed by atoms with Crippen molar-refractivity contribution in [2.24, 2.45) is 0 Å². The highest BCUT2D eigenvalue weighted by Crippen LogP contribution is 2.25. The predicted molar refractivity (Wildman–Crippen MR) is 123 cm³/mol. The Morgan fingerprint density at radius 3 is 2.06 bits per heavy atom. The zero-order valence-electron chi connectivity index (χ0n) is 18.2. The molecule has 3 aromatic carbocycles. The predicted octanol–water partition coefficient (Wildman–Crippen LogP) is 4.77. The fraction of sp³-hybridized carbons (Fsp3) is 0.120. The topological polar surface area (TPSA) is 114 Å². The average molecular weight is 486 g/mol. The largest absolute Gasteiger partial charge is 0.573 e. The van der Waals surface area contributed by atoms with E-state index in [1.165, 1.54) is 36.4 Å². The monoisotopic (exact) mass is 486 g/mol. The number of ether oxygens (including phenoxy) is 3. The molecule has 0 heterocycles. The van der Waals surface area contributed by atoms with Gasteiger partial charge >= 0.3 is 18.3 Å². The number of nitrogens with two attached hydrogens (primary N) is 2. The van der Waals surface area contributed by atoms with Crippen molar-refractivity contribution in [2.75, 3.05) is 18.1 Å². The van der Waals surface area contributed by atoms with Crippen molar-refractivity contribution in [3.8, 4) is 11.5 Å². The van der Waals surface area contributed by atoms with Crippen LogP contribution >= 0.6 is 0 Å².